The van der Waals surface area contributed by atoms with Crippen LogP contribution in [0.25, 0.3) is 0 Å². The van der Waals surface area contributed by atoms with Crippen molar-refractivity contribution in [3.05, 3.63) is 29.3 Å². The van der Waals surface area contributed by atoms with Crippen LogP contribution < -0.4 is 5.32 Å². The molecule has 0 saturated heterocycles. The molecule has 0 radical (unpaired) electrons. The molecule has 1 rings (SSSR count). The molecule has 2 nitrogen and oxygen atoms in total. The van der Waals surface area contributed by atoms with Crippen molar-refractivity contribution >= 4 is 0 Å². The van der Waals surface area contributed by atoms with Gasteiger partial charge in [0.05, 0.1) is 6.42 Å². The minimum absolute atomic E-state index is 0.141. The van der Waals surface area contributed by atoms with E-state index in [4.69, 9.17) is 0 Å². The van der Waals surface area contributed by atoms with E-state index in [-0.39, 0.29) is 18.8 Å². The molecule has 0 saturated carbocycles. The molecule has 0 aliphatic heterocycles. The molecule has 0 heterocycles. The van der Waals surface area contributed by atoms with Gasteiger partial charge in [-0.15, -0.1) is 0 Å². The van der Waals surface area contributed by atoms with Gasteiger partial charge in [0.1, 0.15) is 5.75 Å². The van der Waals surface area contributed by atoms with E-state index < -0.39 is 12.6 Å². The van der Waals surface area contributed by atoms with Crippen LogP contribution in [-0.2, 0) is 6.54 Å². The molecule has 1 aromatic carbocycles. The van der Waals surface area contributed by atoms with Gasteiger partial charge in [-0.1, -0.05) is 18.2 Å². The molecule has 0 aromatic heterocycles. The number of phenolic OH excluding ortho intramolecular Hbond substituents is 1. The van der Waals surface area contributed by atoms with E-state index >= 15 is 0 Å². The first-order valence-electron chi connectivity index (χ1n) is 4.95. The third kappa shape index (κ3) is 4.10. The number of rotatable bonds is 4. The Balaban J connectivity index is 2.41. The lowest BCUT2D eigenvalue weighted by Gasteiger charge is -2.09. The van der Waals surface area contributed by atoms with Gasteiger partial charge in [0, 0.05) is 18.7 Å². The van der Waals surface area contributed by atoms with Crippen molar-refractivity contribution < 1.29 is 18.3 Å². The van der Waals surface area contributed by atoms with Gasteiger partial charge >= 0.3 is 6.18 Å². The number of alkyl halides is 3. The fourth-order valence-electron chi connectivity index (χ4n) is 1.32. The summed E-state index contributed by atoms with van der Waals surface area (Å²) in [6, 6.07) is 5.19. The summed E-state index contributed by atoms with van der Waals surface area (Å²) in [5, 5.41) is 12.2. The number of hydrogen-bond donors (Lipinski definition) is 2. The van der Waals surface area contributed by atoms with Crippen molar-refractivity contribution in [2.24, 2.45) is 0 Å². The third-order valence-corrected chi connectivity index (χ3v) is 2.22. The SMILES string of the molecule is Cc1cccc(CNCCC(F)(F)F)c1O. The van der Waals surface area contributed by atoms with Gasteiger partial charge in [-0.3, -0.25) is 0 Å². The van der Waals surface area contributed by atoms with E-state index in [9.17, 15) is 18.3 Å². The molecular formula is C11H14F3NO. The molecule has 0 atom stereocenters. The molecule has 2 N–H and O–H groups in total. The first kappa shape index (κ1) is 12.8. The quantitative estimate of drug-likeness (QED) is 0.784. The molecule has 0 unspecified atom stereocenters. The summed E-state index contributed by atoms with van der Waals surface area (Å²) in [4.78, 5) is 0. The van der Waals surface area contributed by atoms with Crippen molar-refractivity contribution in [1.29, 1.82) is 0 Å². The van der Waals surface area contributed by atoms with Crippen LogP contribution in [0, 0.1) is 6.92 Å². The Morgan fingerprint density at radius 2 is 2.00 bits per heavy atom. The molecule has 0 fully saturated rings. The van der Waals surface area contributed by atoms with Gasteiger partial charge in [0.15, 0.2) is 0 Å². The summed E-state index contributed by atoms with van der Waals surface area (Å²) < 4.78 is 35.5. The lowest BCUT2D eigenvalue weighted by molar-refractivity contribution is -0.133. The van der Waals surface area contributed by atoms with Gasteiger partial charge in [-0.05, 0) is 12.5 Å². The summed E-state index contributed by atoms with van der Waals surface area (Å²) in [6.45, 7) is 1.84. The van der Waals surface area contributed by atoms with Crippen LogP contribution >= 0.6 is 0 Å². The van der Waals surface area contributed by atoms with Gasteiger partial charge in [0.25, 0.3) is 0 Å². The van der Waals surface area contributed by atoms with E-state index in [1.165, 1.54) is 0 Å². The lowest BCUT2D eigenvalue weighted by Crippen LogP contribution is -2.21. The van der Waals surface area contributed by atoms with Crippen molar-refractivity contribution in [3.63, 3.8) is 0 Å². The number of aromatic hydroxyl groups is 1. The van der Waals surface area contributed by atoms with Gasteiger partial charge in [-0.2, -0.15) is 13.2 Å². The largest absolute Gasteiger partial charge is 0.507 e. The molecule has 0 aliphatic carbocycles. The first-order valence-corrected chi connectivity index (χ1v) is 4.95. The number of para-hydroxylation sites is 1. The van der Waals surface area contributed by atoms with Gasteiger partial charge in [0.2, 0.25) is 0 Å². The van der Waals surface area contributed by atoms with Crippen LogP contribution in [0.5, 0.6) is 5.75 Å². The fourth-order valence-corrected chi connectivity index (χ4v) is 1.32. The number of nitrogens with one attached hydrogen (secondary N) is 1. The average Bonchev–Trinajstić information content (AvgIpc) is 2.17. The normalized spacial score (nSPS) is 11.8. The average molecular weight is 233 g/mol. The maximum Gasteiger partial charge on any atom is 0.390 e. The number of hydrogen-bond acceptors (Lipinski definition) is 2. The van der Waals surface area contributed by atoms with Crippen LogP contribution in [0.4, 0.5) is 13.2 Å². The van der Waals surface area contributed by atoms with E-state index in [0.717, 1.165) is 5.56 Å². The summed E-state index contributed by atoms with van der Waals surface area (Å²) in [7, 11) is 0. The van der Waals surface area contributed by atoms with E-state index in [1.54, 1.807) is 25.1 Å². The number of aryl methyl sites for hydroxylation is 1. The molecule has 0 amide bonds. The summed E-state index contributed by atoms with van der Waals surface area (Å²) >= 11 is 0. The second-order valence-electron chi connectivity index (χ2n) is 3.62. The smallest absolute Gasteiger partial charge is 0.390 e. The highest BCUT2D eigenvalue weighted by molar-refractivity contribution is 5.39. The van der Waals surface area contributed by atoms with Gasteiger partial charge in [-0.25, -0.2) is 0 Å². The fraction of sp³-hybridized carbons (Fsp3) is 0.455. The van der Waals surface area contributed by atoms with E-state index in [2.05, 4.69) is 5.32 Å². The Morgan fingerprint density at radius 3 is 2.62 bits per heavy atom. The van der Waals surface area contributed by atoms with Crippen molar-refractivity contribution in [1.82, 2.24) is 5.32 Å². The highest BCUT2D eigenvalue weighted by Crippen LogP contribution is 2.21. The highest BCUT2D eigenvalue weighted by Gasteiger charge is 2.25. The topological polar surface area (TPSA) is 32.3 Å². The van der Waals surface area contributed by atoms with Crippen LogP contribution in [-0.4, -0.2) is 17.8 Å². The molecule has 16 heavy (non-hydrogen) atoms. The lowest BCUT2D eigenvalue weighted by atomic mass is 10.1. The standard InChI is InChI=1S/C11H14F3NO/c1-8-3-2-4-9(10(8)16)7-15-6-5-11(12,13)14/h2-4,15-16H,5-7H2,1H3. The molecule has 90 valence electrons. The maximum atomic E-state index is 11.8. The predicted octanol–water partition coefficient (Wildman–Crippen LogP) is 2.74. The van der Waals surface area contributed by atoms with E-state index in [0.29, 0.717) is 5.56 Å². The minimum Gasteiger partial charge on any atom is -0.507 e. The van der Waals surface area contributed by atoms with Crippen molar-refractivity contribution in [2.75, 3.05) is 6.54 Å². The Morgan fingerprint density at radius 1 is 1.31 bits per heavy atom. The molecular weight excluding hydrogens is 219 g/mol. The zero-order valence-corrected chi connectivity index (χ0v) is 8.93. The van der Waals surface area contributed by atoms with Crippen LogP contribution in [0.1, 0.15) is 17.5 Å². The molecule has 0 bridgehead atoms. The van der Waals surface area contributed by atoms with Crippen molar-refractivity contribution in [3.8, 4) is 5.75 Å². The number of benzene rings is 1. The van der Waals surface area contributed by atoms with Crippen LogP contribution in [0.3, 0.4) is 0 Å². The summed E-state index contributed by atoms with van der Waals surface area (Å²) in [6.07, 6.45) is -5.00. The molecule has 5 heteroatoms. The Hall–Kier alpha value is -1.23. The van der Waals surface area contributed by atoms with Gasteiger partial charge < -0.3 is 10.4 Å². The van der Waals surface area contributed by atoms with Crippen LogP contribution in [0.15, 0.2) is 18.2 Å². The third-order valence-electron chi connectivity index (χ3n) is 2.22. The van der Waals surface area contributed by atoms with E-state index in [1.807, 2.05) is 0 Å². The monoisotopic (exact) mass is 233 g/mol. The highest BCUT2D eigenvalue weighted by atomic mass is 19.4. The summed E-state index contributed by atoms with van der Waals surface area (Å²) in [5.41, 5.74) is 1.33. The molecule has 0 aliphatic rings. The molecule has 0 spiro atoms. The number of phenols is 1. The minimum atomic E-state index is -4.14. The zero-order chi connectivity index (χ0) is 12.2. The Labute approximate surface area is 92.1 Å². The molecule has 1 aromatic rings. The maximum absolute atomic E-state index is 11.8. The second-order valence-corrected chi connectivity index (χ2v) is 3.62. The number of halogens is 3. The first-order chi connectivity index (χ1) is 7.40. The Bertz CT molecular complexity index is 350. The van der Waals surface area contributed by atoms with Crippen molar-refractivity contribution in [2.45, 2.75) is 26.1 Å². The Kier molecular flexibility index (Phi) is 4.18. The zero-order valence-electron chi connectivity index (χ0n) is 8.93. The summed E-state index contributed by atoms with van der Waals surface area (Å²) in [5.74, 6) is 0.141. The predicted molar refractivity (Wildman–Crippen MR) is 55.2 cm³/mol. The second kappa shape index (κ2) is 5.21. The van der Waals surface area contributed by atoms with Crippen LogP contribution in [0.2, 0.25) is 0 Å².